The van der Waals surface area contributed by atoms with Crippen molar-refractivity contribution in [1.29, 1.82) is 0 Å². The number of halogens is 1. The lowest BCUT2D eigenvalue weighted by atomic mass is 10.4. The first kappa shape index (κ1) is 12.5. The maximum absolute atomic E-state index is 13.4. The average Bonchev–Trinajstić information content (AvgIpc) is 3.10. The fraction of sp³-hybridized carbons (Fsp3) is 0.308. The molecule has 21 heavy (non-hydrogen) atoms. The van der Waals surface area contributed by atoms with Crippen LogP contribution in [0.15, 0.2) is 16.9 Å². The molecule has 0 aromatic carbocycles. The van der Waals surface area contributed by atoms with Crippen molar-refractivity contribution in [2.24, 2.45) is 0 Å². The second kappa shape index (κ2) is 4.14. The topological polar surface area (TPSA) is 76.6 Å². The molecule has 3 aromatic heterocycles. The summed E-state index contributed by atoms with van der Waals surface area (Å²) in [5.41, 5.74) is 0.515. The van der Waals surface area contributed by atoms with Gasteiger partial charge in [0, 0.05) is 12.0 Å². The average molecular weight is 307 g/mol. The Morgan fingerprint density at radius 3 is 2.86 bits per heavy atom. The lowest BCUT2D eigenvalue weighted by Crippen LogP contribution is -2.29. The van der Waals surface area contributed by atoms with Gasteiger partial charge in [-0.2, -0.15) is 9.49 Å². The van der Waals surface area contributed by atoms with Crippen molar-refractivity contribution in [2.45, 2.75) is 25.3 Å². The molecule has 0 saturated heterocycles. The standard InChI is InChI=1S/C13H10FN3O3S/c14-10-4-7-9(21-10)3-8-13(20)16(5-11(18)19)15-12(17(7)8)6-1-2-6/h3-4,6H,1-2,5H2,(H,18,19). The summed E-state index contributed by atoms with van der Waals surface area (Å²) in [6.45, 7) is -0.470. The summed E-state index contributed by atoms with van der Waals surface area (Å²) in [6, 6.07) is 3.00. The Hall–Kier alpha value is -2.22. The van der Waals surface area contributed by atoms with Gasteiger partial charge in [-0.1, -0.05) is 0 Å². The maximum Gasteiger partial charge on any atom is 0.325 e. The van der Waals surface area contributed by atoms with Crippen LogP contribution in [0.1, 0.15) is 24.6 Å². The Labute approximate surface area is 121 Å². The van der Waals surface area contributed by atoms with Crippen LogP contribution in [0, 0.1) is 5.13 Å². The lowest BCUT2D eigenvalue weighted by molar-refractivity contribution is -0.138. The molecule has 108 valence electrons. The van der Waals surface area contributed by atoms with Crippen LogP contribution in [0.2, 0.25) is 0 Å². The summed E-state index contributed by atoms with van der Waals surface area (Å²) in [7, 11) is 0. The second-order valence-corrected chi connectivity index (χ2v) is 6.19. The largest absolute Gasteiger partial charge is 0.480 e. The number of hydrogen-bond donors (Lipinski definition) is 1. The fourth-order valence-corrected chi connectivity index (χ4v) is 3.36. The molecule has 1 N–H and O–H groups in total. The van der Waals surface area contributed by atoms with Crippen LogP contribution in [0.25, 0.3) is 15.7 Å². The molecule has 8 heteroatoms. The van der Waals surface area contributed by atoms with E-state index in [9.17, 15) is 14.0 Å². The van der Waals surface area contributed by atoms with Crippen LogP contribution in [0.5, 0.6) is 0 Å². The van der Waals surface area contributed by atoms with E-state index in [0.29, 0.717) is 21.6 Å². The Balaban J connectivity index is 2.10. The Bertz CT molecular complexity index is 951. The van der Waals surface area contributed by atoms with Gasteiger partial charge in [-0.3, -0.25) is 14.0 Å². The first-order chi connectivity index (χ1) is 10.0. The number of thiophene rings is 1. The number of aliphatic carboxylic acids is 1. The molecule has 0 unspecified atom stereocenters. The van der Waals surface area contributed by atoms with Crippen LogP contribution in [0.4, 0.5) is 4.39 Å². The van der Waals surface area contributed by atoms with Gasteiger partial charge in [-0.25, -0.2) is 4.68 Å². The molecule has 1 saturated carbocycles. The molecule has 0 spiro atoms. The normalized spacial score (nSPS) is 15.1. The number of nitrogens with zero attached hydrogens (tertiary/aromatic N) is 3. The minimum absolute atomic E-state index is 0.201. The summed E-state index contributed by atoms with van der Waals surface area (Å²) in [6.07, 6.45) is 1.89. The predicted molar refractivity (Wildman–Crippen MR) is 74.4 cm³/mol. The van der Waals surface area contributed by atoms with Gasteiger partial charge < -0.3 is 5.11 Å². The van der Waals surface area contributed by atoms with Gasteiger partial charge in [0.2, 0.25) is 0 Å². The van der Waals surface area contributed by atoms with Crippen LogP contribution >= 0.6 is 11.3 Å². The first-order valence-corrected chi connectivity index (χ1v) is 7.29. The number of carboxylic acids is 1. The van der Waals surface area contributed by atoms with Crippen molar-refractivity contribution in [3.63, 3.8) is 0 Å². The van der Waals surface area contributed by atoms with E-state index in [2.05, 4.69) is 5.10 Å². The van der Waals surface area contributed by atoms with Crippen LogP contribution in [0.3, 0.4) is 0 Å². The SMILES string of the molecule is O=C(O)Cn1nc(C2CC2)n2c(cc3sc(F)cc32)c1=O. The minimum Gasteiger partial charge on any atom is -0.480 e. The summed E-state index contributed by atoms with van der Waals surface area (Å²) < 4.78 is 16.7. The molecule has 1 fully saturated rings. The molecule has 0 amide bonds. The molecule has 0 bridgehead atoms. The second-order valence-electron chi connectivity index (χ2n) is 5.15. The monoisotopic (exact) mass is 307 g/mol. The summed E-state index contributed by atoms with van der Waals surface area (Å²) in [5.74, 6) is -0.277. The molecular formula is C13H10FN3O3S. The molecule has 3 heterocycles. The molecule has 3 aromatic rings. The highest BCUT2D eigenvalue weighted by Crippen LogP contribution is 2.40. The predicted octanol–water partition coefficient (Wildman–Crippen LogP) is 1.81. The van der Waals surface area contributed by atoms with Crippen molar-refractivity contribution in [3.05, 3.63) is 33.4 Å². The van der Waals surface area contributed by atoms with Crippen LogP contribution in [-0.4, -0.2) is 25.3 Å². The van der Waals surface area contributed by atoms with E-state index in [-0.39, 0.29) is 11.0 Å². The first-order valence-electron chi connectivity index (χ1n) is 6.48. The number of hydrogen-bond acceptors (Lipinski definition) is 4. The van der Waals surface area contributed by atoms with Gasteiger partial charge in [-0.15, -0.1) is 11.3 Å². The van der Waals surface area contributed by atoms with E-state index < -0.39 is 18.1 Å². The zero-order valence-electron chi connectivity index (χ0n) is 10.7. The summed E-state index contributed by atoms with van der Waals surface area (Å²) in [5, 5.41) is 12.8. The molecule has 6 nitrogen and oxygen atoms in total. The van der Waals surface area contributed by atoms with Gasteiger partial charge >= 0.3 is 5.97 Å². The van der Waals surface area contributed by atoms with Gasteiger partial charge in [0.25, 0.3) is 5.56 Å². The molecule has 4 rings (SSSR count). The number of carbonyl (C=O) groups is 1. The van der Waals surface area contributed by atoms with Crippen molar-refractivity contribution in [3.8, 4) is 0 Å². The Kier molecular flexibility index (Phi) is 2.47. The maximum atomic E-state index is 13.4. The summed E-state index contributed by atoms with van der Waals surface area (Å²) >= 11 is 0.967. The van der Waals surface area contributed by atoms with Crippen molar-refractivity contribution < 1.29 is 14.3 Å². The van der Waals surface area contributed by atoms with Gasteiger partial charge in [-0.05, 0) is 18.9 Å². The molecule has 1 aliphatic rings. The molecular weight excluding hydrogens is 297 g/mol. The Morgan fingerprint density at radius 1 is 1.43 bits per heavy atom. The van der Waals surface area contributed by atoms with Gasteiger partial charge in [0.15, 0.2) is 5.13 Å². The van der Waals surface area contributed by atoms with Crippen LogP contribution in [-0.2, 0) is 11.3 Å². The number of aromatic nitrogens is 3. The fourth-order valence-electron chi connectivity index (χ4n) is 2.55. The quantitative estimate of drug-likeness (QED) is 0.800. The highest BCUT2D eigenvalue weighted by Gasteiger charge is 2.30. The Morgan fingerprint density at radius 2 is 2.19 bits per heavy atom. The molecule has 1 aliphatic carbocycles. The van der Waals surface area contributed by atoms with Gasteiger partial charge in [0.1, 0.15) is 17.9 Å². The van der Waals surface area contributed by atoms with Crippen molar-refractivity contribution in [2.75, 3.05) is 0 Å². The highest BCUT2D eigenvalue weighted by atomic mass is 32.1. The number of rotatable bonds is 3. The minimum atomic E-state index is -1.12. The molecule has 0 atom stereocenters. The lowest BCUT2D eigenvalue weighted by Gasteiger charge is -2.08. The van der Waals surface area contributed by atoms with Crippen molar-refractivity contribution >= 4 is 33.0 Å². The zero-order valence-corrected chi connectivity index (χ0v) is 11.6. The molecule has 0 aliphatic heterocycles. The highest BCUT2D eigenvalue weighted by molar-refractivity contribution is 7.17. The van der Waals surface area contributed by atoms with Gasteiger partial charge in [0.05, 0.1) is 10.2 Å². The third-order valence-corrected chi connectivity index (χ3v) is 4.45. The van der Waals surface area contributed by atoms with Crippen LogP contribution < -0.4 is 5.56 Å². The third kappa shape index (κ3) is 1.86. The van der Waals surface area contributed by atoms with E-state index in [1.54, 1.807) is 10.5 Å². The van der Waals surface area contributed by atoms with E-state index in [1.165, 1.54) is 6.07 Å². The number of carboxylic acid groups (broad SMARTS) is 1. The third-order valence-electron chi connectivity index (χ3n) is 3.59. The van der Waals surface area contributed by atoms with E-state index in [1.807, 2.05) is 0 Å². The van der Waals surface area contributed by atoms with E-state index in [4.69, 9.17) is 5.11 Å². The molecule has 0 radical (unpaired) electrons. The zero-order chi connectivity index (χ0) is 14.7. The van der Waals surface area contributed by atoms with Crippen molar-refractivity contribution in [1.82, 2.24) is 14.2 Å². The van der Waals surface area contributed by atoms with E-state index in [0.717, 1.165) is 28.9 Å². The van der Waals surface area contributed by atoms with E-state index >= 15 is 0 Å². The number of fused-ring (bicyclic) bond motifs is 3. The smallest absolute Gasteiger partial charge is 0.325 e. The summed E-state index contributed by atoms with van der Waals surface area (Å²) in [4.78, 5) is 23.2.